The first-order chi connectivity index (χ1) is 14.0. The molecule has 154 valence electrons. The van der Waals surface area contributed by atoms with E-state index in [4.69, 9.17) is 0 Å². The molecule has 0 fully saturated rings. The highest BCUT2D eigenvalue weighted by atomic mass is 15.3. The van der Waals surface area contributed by atoms with Crippen LogP contribution >= 0.6 is 0 Å². The van der Waals surface area contributed by atoms with Crippen molar-refractivity contribution in [1.82, 2.24) is 30.0 Å². The van der Waals surface area contributed by atoms with E-state index >= 15 is 0 Å². The molecular weight excluding hydrogens is 362 g/mol. The molecule has 0 aliphatic rings. The number of nitrogens with one attached hydrogen (secondary N) is 2. The van der Waals surface area contributed by atoms with Crippen LogP contribution in [0.2, 0.25) is 0 Å². The Balaban J connectivity index is 1.65. The van der Waals surface area contributed by atoms with Crippen LogP contribution in [0.3, 0.4) is 0 Å². The SMILES string of the molecule is CN=C(NCc1ccccc1-n1nc(C)cc1C)NCc1nccn1CC(C)C. The van der Waals surface area contributed by atoms with Crippen LogP contribution in [0.5, 0.6) is 0 Å². The predicted molar refractivity (Wildman–Crippen MR) is 117 cm³/mol. The molecule has 2 heterocycles. The molecule has 7 nitrogen and oxygen atoms in total. The fraction of sp³-hybridized carbons (Fsp3) is 0.409. The third kappa shape index (κ3) is 5.25. The monoisotopic (exact) mass is 393 g/mol. The molecule has 0 saturated heterocycles. The van der Waals surface area contributed by atoms with Gasteiger partial charge in [-0.15, -0.1) is 0 Å². The molecule has 3 aromatic rings. The van der Waals surface area contributed by atoms with Crippen LogP contribution in [0.15, 0.2) is 47.7 Å². The Morgan fingerprint density at radius 1 is 1.14 bits per heavy atom. The summed E-state index contributed by atoms with van der Waals surface area (Å²) in [6.07, 6.45) is 3.87. The lowest BCUT2D eigenvalue weighted by Gasteiger charge is -2.16. The van der Waals surface area contributed by atoms with Crippen LogP contribution in [-0.4, -0.2) is 32.3 Å². The molecule has 7 heteroatoms. The zero-order valence-electron chi connectivity index (χ0n) is 18.0. The highest BCUT2D eigenvalue weighted by Gasteiger charge is 2.10. The van der Waals surface area contributed by atoms with Gasteiger partial charge >= 0.3 is 0 Å². The molecule has 2 N–H and O–H groups in total. The molecule has 0 bridgehead atoms. The van der Waals surface area contributed by atoms with Crippen molar-refractivity contribution in [2.24, 2.45) is 10.9 Å². The Morgan fingerprint density at radius 3 is 2.59 bits per heavy atom. The molecule has 29 heavy (non-hydrogen) atoms. The second kappa shape index (κ2) is 9.41. The number of aryl methyl sites for hydroxylation is 2. The van der Waals surface area contributed by atoms with E-state index in [-0.39, 0.29) is 0 Å². The first kappa shape index (κ1) is 20.6. The third-order valence-corrected chi connectivity index (χ3v) is 4.68. The van der Waals surface area contributed by atoms with E-state index < -0.39 is 0 Å². The third-order valence-electron chi connectivity index (χ3n) is 4.68. The van der Waals surface area contributed by atoms with E-state index in [0.29, 0.717) is 19.0 Å². The Hall–Kier alpha value is -3.09. The lowest BCUT2D eigenvalue weighted by Crippen LogP contribution is -2.37. The fourth-order valence-electron chi connectivity index (χ4n) is 3.37. The molecule has 3 rings (SSSR count). The molecule has 0 amide bonds. The Bertz CT molecular complexity index is 965. The number of aromatic nitrogens is 4. The summed E-state index contributed by atoms with van der Waals surface area (Å²) in [6, 6.07) is 10.4. The van der Waals surface area contributed by atoms with Gasteiger partial charge in [0.1, 0.15) is 5.82 Å². The maximum atomic E-state index is 4.62. The van der Waals surface area contributed by atoms with E-state index in [9.17, 15) is 0 Å². The maximum Gasteiger partial charge on any atom is 0.191 e. The minimum Gasteiger partial charge on any atom is -0.352 e. The number of imidazole rings is 1. The number of hydrogen-bond donors (Lipinski definition) is 2. The lowest BCUT2D eigenvalue weighted by atomic mass is 10.1. The fourth-order valence-corrected chi connectivity index (χ4v) is 3.37. The maximum absolute atomic E-state index is 4.62. The van der Waals surface area contributed by atoms with Crippen molar-refractivity contribution in [2.45, 2.75) is 47.3 Å². The molecule has 0 saturated carbocycles. The number of para-hydroxylation sites is 1. The normalized spacial score (nSPS) is 11.9. The number of nitrogens with zero attached hydrogens (tertiary/aromatic N) is 5. The molecule has 0 aliphatic heterocycles. The highest BCUT2D eigenvalue weighted by Crippen LogP contribution is 2.16. The van der Waals surface area contributed by atoms with Gasteiger partial charge in [0.15, 0.2) is 5.96 Å². The molecule has 0 unspecified atom stereocenters. The molecule has 0 spiro atoms. The van der Waals surface area contributed by atoms with Crippen LogP contribution in [0, 0.1) is 19.8 Å². The summed E-state index contributed by atoms with van der Waals surface area (Å²) in [5.41, 5.74) is 4.37. The van der Waals surface area contributed by atoms with Gasteiger partial charge in [-0.3, -0.25) is 4.99 Å². The van der Waals surface area contributed by atoms with Gasteiger partial charge in [-0.1, -0.05) is 32.0 Å². The number of aliphatic imine (C=N–C) groups is 1. The number of guanidine groups is 1. The summed E-state index contributed by atoms with van der Waals surface area (Å²) < 4.78 is 4.17. The predicted octanol–water partition coefficient (Wildman–Crippen LogP) is 3.21. The average Bonchev–Trinajstić information content (AvgIpc) is 3.27. The van der Waals surface area contributed by atoms with E-state index in [1.54, 1.807) is 7.05 Å². The van der Waals surface area contributed by atoms with Crippen molar-refractivity contribution < 1.29 is 0 Å². The molecule has 2 aromatic heterocycles. The first-order valence-electron chi connectivity index (χ1n) is 10.0. The quantitative estimate of drug-likeness (QED) is 0.478. The van der Waals surface area contributed by atoms with Crippen molar-refractivity contribution >= 4 is 5.96 Å². The van der Waals surface area contributed by atoms with E-state index in [2.05, 4.69) is 69.2 Å². The van der Waals surface area contributed by atoms with Crippen molar-refractivity contribution in [2.75, 3.05) is 7.05 Å². The van der Waals surface area contributed by atoms with Gasteiger partial charge in [-0.05, 0) is 37.5 Å². The van der Waals surface area contributed by atoms with E-state index in [1.807, 2.05) is 36.1 Å². The number of hydrogen-bond acceptors (Lipinski definition) is 3. The molecular formula is C22H31N7. The van der Waals surface area contributed by atoms with E-state index in [0.717, 1.165) is 41.0 Å². The molecule has 0 atom stereocenters. The van der Waals surface area contributed by atoms with Crippen LogP contribution in [0.1, 0.15) is 36.6 Å². The topological polar surface area (TPSA) is 72.1 Å². The van der Waals surface area contributed by atoms with Gasteiger partial charge in [-0.25, -0.2) is 9.67 Å². The summed E-state index contributed by atoms with van der Waals surface area (Å²) in [6.45, 7) is 10.7. The van der Waals surface area contributed by atoms with Gasteiger partial charge in [0, 0.05) is 38.2 Å². The highest BCUT2D eigenvalue weighted by molar-refractivity contribution is 5.79. The average molecular weight is 394 g/mol. The lowest BCUT2D eigenvalue weighted by molar-refractivity contribution is 0.503. The zero-order valence-corrected chi connectivity index (χ0v) is 18.0. The zero-order chi connectivity index (χ0) is 20.8. The number of rotatable bonds is 7. The van der Waals surface area contributed by atoms with Gasteiger partial charge in [-0.2, -0.15) is 5.10 Å². The summed E-state index contributed by atoms with van der Waals surface area (Å²) in [7, 11) is 1.78. The Morgan fingerprint density at radius 2 is 1.90 bits per heavy atom. The summed E-state index contributed by atoms with van der Waals surface area (Å²) in [5, 5.41) is 11.4. The van der Waals surface area contributed by atoms with Crippen molar-refractivity contribution in [3.8, 4) is 5.69 Å². The second-order valence-corrected chi connectivity index (χ2v) is 7.64. The van der Waals surface area contributed by atoms with Crippen LogP contribution in [0.4, 0.5) is 0 Å². The smallest absolute Gasteiger partial charge is 0.191 e. The first-order valence-corrected chi connectivity index (χ1v) is 10.0. The van der Waals surface area contributed by atoms with Crippen LogP contribution < -0.4 is 10.6 Å². The van der Waals surface area contributed by atoms with Gasteiger partial charge < -0.3 is 15.2 Å². The Labute approximate surface area is 172 Å². The van der Waals surface area contributed by atoms with Crippen LogP contribution in [-0.2, 0) is 19.6 Å². The standard InChI is InChI=1S/C22H31N7/c1-16(2)15-28-11-10-24-21(28)14-26-22(23-5)25-13-19-8-6-7-9-20(19)29-18(4)12-17(3)27-29/h6-12,16H,13-15H2,1-5H3,(H2,23,25,26). The minimum atomic E-state index is 0.575. The summed E-state index contributed by atoms with van der Waals surface area (Å²) in [5.74, 6) is 2.32. The minimum absolute atomic E-state index is 0.575. The van der Waals surface area contributed by atoms with Crippen molar-refractivity contribution in [3.05, 3.63) is 65.5 Å². The molecule has 0 radical (unpaired) electrons. The number of benzene rings is 1. The van der Waals surface area contributed by atoms with Crippen molar-refractivity contribution in [3.63, 3.8) is 0 Å². The van der Waals surface area contributed by atoms with E-state index in [1.165, 1.54) is 0 Å². The largest absolute Gasteiger partial charge is 0.352 e. The summed E-state index contributed by atoms with van der Waals surface area (Å²) in [4.78, 5) is 8.82. The molecule has 1 aromatic carbocycles. The van der Waals surface area contributed by atoms with Gasteiger partial charge in [0.25, 0.3) is 0 Å². The molecule has 0 aliphatic carbocycles. The summed E-state index contributed by atoms with van der Waals surface area (Å²) >= 11 is 0. The Kier molecular flexibility index (Phi) is 6.69. The van der Waals surface area contributed by atoms with Crippen molar-refractivity contribution in [1.29, 1.82) is 0 Å². The van der Waals surface area contributed by atoms with Gasteiger partial charge in [0.2, 0.25) is 0 Å². The second-order valence-electron chi connectivity index (χ2n) is 7.64. The van der Waals surface area contributed by atoms with Crippen LogP contribution in [0.25, 0.3) is 5.69 Å². The van der Waals surface area contributed by atoms with Gasteiger partial charge in [0.05, 0.1) is 17.9 Å².